The Kier molecular flexibility index (Phi) is 8.07. The van der Waals surface area contributed by atoms with Gasteiger partial charge in [-0.1, -0.05) is 65.7 Å². The number of alkyl halides is 6. The van der Waals surface area contributed by atoms with Crippen molar-refractivity contribution in [1.82, 2.24) is 5.32 Å². The van der Waals surface area contributed by atoms with Crippen molar-refractivity contribution in [3.63, 3.8) is 0 Å². The molecule has 2 aromatic carbocycles. The molecule has 2 N–H and O–H groups in total. The second-order valence-electron chi connectivity index (χ2n) is 8.63. The van der Waals surface area contributed by atoms with Crippen LogP contribution < -0.4 is 5.32 Å². The van der Waals surface area contributed by atoms with Gasteiger partial charge in [-0.05, 0) is 29.3 Å². The predicted octanol–water partition coefficient (Wildman–Crippen LogP) is 5.52. The number of hydrogen-bond donors (Lipinski definition) is 2. The number of nitrogens with one attached hydrogen (secondary N) is 1. The Bertz CT molecular complexity index is 1370. The standard InChI is InChI=1S/C24H19Cl2F6NO4S/c1-38(36,37)16-9-7-14(8-10-16)11-19(34)33-21(22(35,23(27,28)29)24(30,31)32)12-17(25)20(18(26)13-21)15-5-3-2-4-6-15/h2-10,12,35H,11,13H2,1H3,(H,33,34). The van der Waals surface area contributed by atoms with E-state index in [0.29, 0.717) is 6.08 Å². The first kappa shape index (κ1) is 30.0. The molecule has 0 fully saturated rings. The fraction of sp³-hybridized carbons (Fsp3) is 0.292. The Labute approximate surface area is 223 Å². The largest absolute Gasteiger partial charge is 0.429 e. The summed E-state index contributed by atoms with van der Waals surface area (Å²) in [4.78, 5) is 12.7. The van der Waals surface area contributed by atoms with Crippen molar-refractivity contribution < 1.29 is 44.7 Å². The summed E-state index contributed by atoms with van der Waals surface area (Å²) in [6.07, 6.45) is -13.5. The summed E-state index contributed by atoms with van der Waals surface area (Å²) < 4.78 is 107. The van der Waals surface area contributed by atoms with Crippen LogP contribution in [-0.2, 0) is 21.1 Å². The molecular weight excluding hydrogens is 583 g/mol. The van der Waals surface area contributed by atoms with Crippen molar-refractivity contribution in [2.24, 2.45) is 0 Å². The van der Waals surface area contributed by atoms with Crippen LogP contribution in [-0.4, -0.2) is 49.2 Å². The van der Waals surface area contributed by atoms with Crippen molar-refractivity contribution >= 4 is 44.5 Å². The summed E-state index contributed by atoms with van der Waals surface area (Å²) in [6, 6.07) is 12.2. The fourth-order valence-corrected chi connectivity index (χ4v) is 5.61. The number of carbonyl (C=O) groups excluding carboxylic acids is 1. The molecule has 0 spiro atoms. The average molecular weight is 602 g/mol. The monoisotopic (exact) mass is 601 g/mol. The first-order valence-corrected chi connectivity index (χ1v) is 13.3. The summed E-state index contributed by atoms with van der Waals surface area (Å²) >= 11 is 12.4. The number of rotatable bonds is 6. The van der Waals surface area contributed by atoms with Gasteiger partial charge in [0.1, 0.15) is 5.54 Å². The van der Waals surface area contributed by atoms with Gasteiger partial charge in [-0.3, -0.25) is 4.79 Å². The van der Waals surface area contributed by atoms with E-state index in [1.54, 1.807) is 11.4 Å². The van der Waals surface area contributed by atoms with Crippen LogP contribution in [0.1, 0.15) is 17.5 Å². The van der Waals surface area contributed by atoms with Gasteiger partial charge in [0.25, 0.3) is 5.60 Å². The number of hydrogen-bond acceptors (Lipinski definition) is 4. The minimum Gasteiger partial charge on any atom is -0.372 e. The number of halogens is 8. The molecule has 1 atom stereocenters. The van der Waals surface area contributed by atoms with Gasteiger partial charge in [-0.2, -0.15) is 26.3 Å². The van der Waals surface area contributed by atoms with E-state index in [1.807, 2.05) is 0 Å². The quantitative estimate of drug-likeness (QED) is 0.427. The van der Waals surface area contributed by atoms with Crippen LogP contribution in [0.25, 0.3) is 5.57 Å². The summed E-state index contributed by atoms with van der Waals surface area (Å²) in [5.41, 5.74) is -8.79. The minimum atomic E-state index is -6.33. The second kappa shape index (κ2) is 10.2. The average Bonchev–Trinajstić information content (AvgIpc) is 2.77. The molecule has 1 unspecified atom stereocenters. The lowest BCUT2D eigenvalue weighted by molar-refractivity contribution is -0.385. The summed E-state index contributed by atoms with van der Waals surface area (Å²) in [5, 5.41) is 10.8. The Hall–Kier alpha value is -2.54. The van der Waals surface area contributed by atoms with Gasteiger partial charge in [-0.15, -0.1) is 0 Å². The Morgan fingerprint density at radius 1 is 0.974 bits per heavy atom. The first-order chi connectivity index (χ1) is 17.3. The third kappa shape index (κ3) is 5.58. The van der Waals surface area contributed by atoms with Crippen LogP contribution in [0.5, 0.6) is 0 Å². The molecule has 1 aliphatic rings. The van der Waals surface area contributed by atoms with Crippen molar-refractivity contribution in [2.75, 3.05) is 6.26 Å². The highest BCUT2D eigenvalue weighted by Crippen LogP contribution is 2.55. The summed E-state index contributed by atoms with van der Waals surface area (Å²) in [5.74, 6) is -1.35. The lowest BCUT2D eigenvalue weighted by Gasteiger charge is -2.48. The zero-order valence-electron chi connectivity index (χ0n) is 19.3. The third-order valence-corrected chi connectivity index (χ3v) is 7.67. The second-order valence-corrected chi connectivity index (χ2v) is 11.5. The Morgan fingerprint density at radius 3 is 1.95 bits per heavy atom. The van der Waals surface area contributed by atoms with Crippen molar-refractivity contribution in [1.29, 1.82) is 0 Å². The number of benzene rings is 2. The molecule has 38 heavy (non-hydrogen) atoms. The Balaban J connectivity index is 2.10. The molecule has 1 aliphatic carbocycles. The molecule has 0 bridgehead atoms. The maximum absolute atomic E-state index is 14.0. The summed E-state index contributed by atoms with van der Waals surface area (Å²) in [6.45, 7) is 0. The van der Waals surface area contributed by atoms with E-state index in [0.717, 1.165) is 18.4 Å². The maximum atomic E-state index is 14.0. The van der Waals surface area contributed by atoms with E-state index in [2.05, 4.69) is 0 Å². The van der Waals surface area contributed by atoms with E-state index < -0.39 is 62.1 Å². The number of aliphatic hydroxyl groups is 1. The highest BCUT2D eigenvalue weighted by molar-refractivity contribution is 7.90. The molecule has 0 aliphatic heterocycles. The van der Waals surface area contributed by atoms with Gasteiger partial charge >= 0.3 is 12.4 Å². The molecule has 2 aromatic rings. The molecule has 3 rings (SSSR count). The predicted molar refractivity (Wildman–Crippen MR) is 129 cm³/mol. The van der Waals surface area contributed by atoms with Crippen LogP contribution >= 0.6 is 23.2 Å². The van der Waals surface area contributed by atoms with Crippen LogP contribution in [0.2, 0.25) is 0 Å². The molecule has 0 saturated carbocycles. The molecule has 206 valence electrons. The van der Waals surface area contributed by atoms with Gasteiger partial charge in [-0.25, -0.2) is 8.42 Å². The van der Waals surface area contributed by atoms with Crippen LogP contribution in [0.4, 0.5) is 26.3 Å². The SMILES string of the molecule is CS(=O)(=O)c1ccc(CC(=O)NC2(C(O)(C(F)(F)F)C(F)(F)F)C=C(Cl)C(c3ccccc3)=C(Cl)C2)cc1. The lowest BCUT2D eigenvalue weighted by Crippen LogP contribution is -2.76. The molecule has 14 heteroatoms. The maximum Gasteiger partial charge on any atom is 0.429 e. The smallest absolute Gasteiger partial charge is 0.372 e. The van der Waals surface area contributed by atoms with Gasteiger partial charge in [0.05, 0.1) is 11.3 Å². The van der Waals surface area contributed by atoms with Gasteiger partial charge < -0.3 is 10.4 Å². The fourth-order valence-electron chi connectivity index (χ4n) is 4.10. The van der Waals surface area contributed by atoms with Crippen LogP contribution in [0.15, 0.2) is 75.6 Å². The molecule has 0 aromatic heterocycles. The molecule has 5 nitrogen and oxygen atoms in total. The zero-order valence-corrected chi connectivity index (χ0v) is 21.6. The van der Waals surface area contributed by atoms with E-state index in [9.17, 15) is 44.7 Å². The van der Waals surface area contributed by atoms with Crippen LogP contribution in [0.3, 0.4) is 0 Å². The topological polar surface area (TPSA) is 83.5 Å². The van der Waals surface area contributed by atoms with Crippen molar-refractivity contribution in [2.45, 2.75) is 41.2 Å². The van der Waals surface area contributed by atoms with Gasteiger partial charge in [0.15, 0.2) is 9.84 Å². The molecule has 0 saturated heterocycles. The number of amides is 1. The lowest BCUT2D eigenvalue weighted by atomic mass is 9.72. The number of allylic oxidation sites excluding steroid dienone is 2. The number of sulfone groups is 1. The van der Waals surface area contributed by atoms with E-state index in [4.69, 9.17) is 23.2 Å². The van der Waals surface area contributed by atoms with E-state index in [1.165, 1.54) is 36.4 Å². The van der Waals surface area contributed by atoms with Crippen molar-refractivity contribution in [3.05, 3.63) is 81.9 Å². The van der Waals surface area contributed by atoms with Gasteiger partial charge in [0.2, 0.25) is 5.91 Å². The van der Waals surface area contributed by atoms with E-state index >= 15 is 0 Å². The third-order valence-electron chi connectivity index (χ3n) is 5.92. The van der Waals surface area contributed by atoms with Gasteiger partial charge in [0, 0.05) is 28.3 Å². The first-order valence-electron chi connectivity index (χ1n) is 10.6. The van der Waals surface area contributed by atoms with Crippen molar-refractivity contribution in [3.8, 4) is 0 Å². The highest BCUT2D eigenvalue weighted by Gasteiger charge is 2.79. The number of carbonyl (C=O) groups is 1. The highest BCUT2D eigenvalue weighted by atomic mass is 35.5. The molecular formula is C24H19Cl2F6NO4S. The minimum absolute atomic E-state index is 0.0677. The molecule has 0 heterocycles. The summed E-state index contributed by atoms with van der Waals surface area (Å²) in [7, 11) is -3.60. The van der Waals surface area contributed by atoms with Crippen LogP contribution in [0, 0.1) is 0 Å². The Morgan fingerprint density at radius 2 is 1.50 bits per heavy atom. The van der Waals surface area contributed by atoms with E-state index in [-0.39, 0.29) is 21.6 Å². The molecule has 1 amide bonds. The zero-order chi connectivity index (χ0) is 28.7. The normalized spacial score (nSPS) is 19.3. The molecule has 0 radical (unpaired) electrons.